The van der Waals surface area contributed by atoms with Gasteiger partial charge in [0.25, 0.3) is 22.9 Å². The molecule has 0 fully saturated rings. The SMILES string of the molecule is C.[2H]C([2H])([2H])C([2H])([2H])N(C(=O)c1c(O)c2c(Cl)cccc2n(C)c1=O)c1cccc(C)c1.[2H]c1c([2H])c(C)c([2H])c(N(CC)C(=O)c2c(O)c3c(Cl)cccc3n(C)c2=O)c1[2H]. The molecule has 0 radical (unpaired) electrons. The van der Waals surface area contributed by atoms with E-state index in [-0.39, 0.29) is 69.3 Å². The number of nitrogens with zero attached hydrogens (tertiary/aromatic N) is 4. The fourth-order valence-corrected chi connectivity index (χ4v) is 6.17. The van der Waals surface area contributed by atoms with Crippen LogP contribution in [-0.4, -0.2) is 44.2 Å². The number of fused-ring (bicyclic) bond motifs is 2. The van der Waals surface area contributed by atoms with Gasteiger partial charge >= 0.3 is 0 Å². The number of aromatic hydroxyl groups is 2. The van der Waals surface area contributed by atoms with Gasteiger partial charge in [0.15, 0.2) is 0 Å². The molecule has 2 amide bonds. The standard InChI is InChI=1S/2C20H19ClN2O3.CH4/c2*1-4-23(13-8-5-7-12(2)11-13)20(26)17-18(24)16-14(21)9-6-10-15(16)22(3)19(17)25;/h2*5-11,24H,4H2,1-3H3;1H4/i5D,7D,8D,11D;1D3,4D2;. The van der Waals surface area contributed by atoms with E-state index in [4.69, 9.17) is 35.5 Å². The third kappa shape index (κ3) is 7.51. The lowest BCUT2D eigenvalue weighted by atomic mass is 10.1. The number of hydrogen-bond acceptors (Lipinski definition) is 6. The summed E-state index contributed by atoms with van der Waals surface area (Å²) < 4.78 is 73.9. The Balaban J connectivity index is 0.000000268. The summed E-state index contributed by atoms with van der Waals surface area (Å²) in [5.74, 6) is -3.55. The highest BCUT2D eigenvalue weighted by molar-refractivity contribution is 6.36. The van der Waals surface area contributed by atoms with Gasteiger partial charge in [-0.15, -0.1) is 0 Å². The van der Waals surface area contributed by atoms with Gasteiger partial charge in [-0.2, -0.15) is 0 Å². The molecule has 0 saturated carbocycles. The van der Waals surface area contributed by atoms with Crippen molar-refractivity contribution in [2.24, 2.45) is 14.1 Å². The Morgan fingerprint density at radius 3 is 1.79 bits per heavy atom. The number of rotatable bonds is 6. The molecule has 0 bridgehead atoms. The van der Waals surface area contributed by atoms with Gasteiger partial charge < -0.3 is 29.1 Å². The van der Waals surface area contributed by atoms with Gasteiger partial charge in [-0.1, -0.05) is 67.0 Å². The predicted octanol–water partition coefficient (Wildman–Crippen LogP) is 8.38. The van der Waals surface area contributed by atoms with E-state index >= 15 is 0 Å². The first-order chi connectivity index (χ1) is 28.3. The first-order valence-corrected chi connectivity index (χ1v) is 16.4. The minimum Gasteiger partial charge on any atom is -0.506 e. The molecule has 53 heavy (non-hydrogen) atoms. The lowest BCUT2D eigenvalue weighted by molar-refractivity contribution is 0.0975. The Morgan fingerprint density at radius 1 is 0.792 bits per heavy atom. The van der Waals surface area contributed by atoms with Crippen molar-refractivity contribution in [3.8, 4) is 11.5 Å². The van der Waals surface area contributed by atoms with Crippen LogP contribution in [0.15, 0.2) is 94.4 Å². The second kappa shape index (κ2) is 16.4. The summed E-state index contributed by atoms with van der Waals surface area (Å²) in [4.78, 5) is 54.2. The van der Waals surface area contributed by atoms with Crippen LogP contribution in [0.2, 0.25) is 10.0 Å². The van der Waals surface area contributed by atoms with Gasteiger partial charge in [0, 0.05) is 45.4 Å². The molecule has 0 aliphatic heterocycles. The van der Waals surface area contributed by atoms with E-state index in [1.54, 1.807) is 38.1 Å². The Morgan fingerprint density at radius 2 is 1.30 bits per heavy atom. The van der Waals surface area contributed by atoms with Crippen LogP contribution in [0.5, 0.6) is 11.5 Å². The summed E-state index contributed by atoms with van der Waals surface area (Å²) in [5, 5.41) is 22.0. The van der Waals surface area contributed by atoms with E-state index in [0.29, 0.717) is 16.0 Å². The molecule has 6 aromatic rings. The molecule has 0 spiro atoms. The number of benzene rings is 4. The fourth-order valence-electron chi connectivity index (χ4n) is 5.65. The monoisotopic (exact) mass is 765 g/mol. The molecule has 276 valence electrons. The van der Waals surface area contributed by atoms with Gasteiger partial charge in [0.1, 0.15) is 22.6 Å². The number of anilines is 2. The van der Waals surface area contributed by atoms with Crippen molar-refractivity contribution < 1.29 is 32.1 Å². The highest BCUT2D eigenvalue weighted by Gasteiger charge is 2.28. The van der Waals surface area contributed by atoms with Crippen LogP contribution in [0.25, 0.3) is 21.8 Å². The molecule has 10 nitrogen and oxygen atoms in total. The number of amides is 2. The van der Waals surface area contributed by atoms with Crippen LogP contribution < -0.4 is 20.9 Å². The zero-order valence-electron chi connectivity index (χ0n) is 37.6. The number of pyridine rings is 2. The van der Waals surface area contributed by atoms with Crippen LogP contribution in [0, 0.1) is 13.8 Å². The van der Waals surface area contributed by atoms with Crippen LogP contribution in [0.1, 0.15) is 65.4 Å². The normalized spacial score (nSPS) is 13.7. The Kier molecular flexibility index (Phi) is 8.95. The summed E-state index contributed by atoms with van der Waals surface area (Å²) in [6.45, 7) is -1.75. The third-order valence-electron chi connectivity index (χ3n) is 8.26. The lowest BCUT2D eigenvalue weighted by Gasteiger charge is -2.22. The van der Waals surface area contributed by atoms with Crippen LogP contribution >= 0.6 is 23.2 Å². The molecule has 0 aliphatic rings. The van der Waals surface area contributed by atoms with E-state index in [9.17, 15) is 29.4 Å². The Hall–Kier alpha value is -5.58. The van der Waals surface area contributed by atoms with Crippen molar-refractivity contribution in [3.05, 3.63) is 138 Å². The molecular formula is C41H42Cl2N4O6. The topological polar surface area (TPSA) is 125 Å². The first-order valence-electron chi connectivity index (χ1n) is 20.1. The fraction of sp³-hybridized carbons (Fsp3) is 0.220. The average molecular weight is 767 g/mol. The van der Waals surface area contributed by atoms with Gasteiger partial charge in [-0.3, -0.25) is 19.2 Å². The molecule has 2 aromatic heterocycles. The molecular weight excluding hydrogens is 715 g/mol. The lowest BCUT2D eigenvalue weighted by Crippen LogP contribution is -2.36. The maximum atomic E-state index is 13.5. The number of carbonyl (C=O) groups is 2. The smallest absolute Gasteiger partial charge is 0.267 e. The molecule has 2 heterocycles. The number of carbonyl (C=O) groups excluding carboxylic acids is 2. The number of halogens is 2. The van der Waals surface area contributed by atoms with E-state index in [1.165, 1.54) is 62.0 Å². The highest BCUT2D eigenvalue weighted by atomic mass is 35.5. The van der Waals surface area contributed by atoms with Gasteiger partial charge in [0.05, 0.1) is 37.3 Å². The second-order valence-corrected chi connectivity index (χ2v) is 12.4. The summed E-state index contributed by atoms with van der Waals surface area (Å²) in [7, 11) is 2.81. The van der Waals surface area contributed by atoms with E-state index in [1.807, 2.05) is 0 Å². The van der Waals surface area contributed by atoms with Gasteiger partial charge in [0.2, 0.25) is 0 Å². The molecule has 4 aromatic carbocycles. The van der Waals surface area contributed by atoms with Gasteiger partial charge in [-0.05, 0) is 87.2 Å². The Bertz CT molecular complexity index is 2890. The van der Waals surface area contributed by atoms with Crippen molar-refractivity contribution >= 4 is 68.2 Å². The molecule has 2 N–H and O–H groups in total. The minimum absolute atomic E-state index is 0. The van der Waals surface area contributed by atoms with Crippen LogP contribution in [0.3, 0.4) is 0 Å². The second-order valence-electron chi connectivity index (χ2n) is 11.6. The molecule has 12 heteroatoms. The Labute approximate surface area is 330 Å². The van der Waals surface area contributed by atoms with Crippen molar-refractivity contribution in [3.63, 3.8) is 0 Å². The summed E-state index contributed by atoms with van der Waals surface area (Å²) in [5.41, 5.74) is -1.90. The van der Waals surface area contributed by atoms with Crippen molar-refractivity contribution in [2.75, 3.05) is 22.8 Å². The van der Waals surface area contributed by atoms with E-state index < -0.39 is 71.0 Å². The van der Waals surface area contributed by atoms with Crippen LogP contribution in [0.4, 0.5) is 11.4 Å². The zero-order chi connectivity index (χ0) is 45.8. The van der Waals surface area contributed by atoms with E-state index in [0.717, 1.165) is 9.47 Å². The first kappa shape index (κ1) is 28.9. The summed E-state index contributed by atoms with van der Waals surface area (Å²) in [6, 6.07) is 13.8. The minimum atomic E-state index is -3.25. The highest BCUT2D eigenvalue weighted by Crippen LogP contribution is 2.35. The number of aryl methyl sites for hydroxylation is 3. The molecule has 0 aliphatic carbocycles. The molecule has 0 saturated heterocycles. The zero-order valence-corrected chi connectivity index (χ0v) is 30.1. The summed E-state index contributed by atoms with van der Waals surface area (Å²) >= 11 is 12.4. The molecule has 6 rings (SSSR count). The molecule has 0 unspecified atom stereocenters. The van der Waals surface area contributed by atoms with Crippen molar-refractivity contribution in [2.45, 2.75) is 35.0 Å². The van der Waals surface area contributed by atoms with Gasteiger partial charge in [-0.25, -0.2) is 0 Å². The quantitative estimate of drug-likeness (QED) is 0.176. The van der Waals surface area contributed by atoms with Crippen LogP contribution in [-0.2, 0) is 14.1 Å². The summed E-state index contributed by atoms with van der Waals surface area (Å²) in [6.07, 6.45) is 0. The predicted molar refractivity (Wildman–Crippen MR) is 216 cm³/mol. The number of aromatic nitrogens is 2. The molecule has 0 atom stereocenters. The van der Waals surface area contributed by atoms with E-state index in [2.05, 4.69) is 0 Å². The maximum Gasteiger partial charge on any atom is 0.267 e. The largest absolute Gasteiger partial charge is 0.506 e. The van der Waals surface area contributed by atoms with Crippen molar-refractivity contribution in [1.82, 2.24) is 9.13 Å². The number of hydrogen-bond donors (Lipinski definition) is 2. The third-order valence-corrected chi connectivity index (χ3v) is 8.89. The maximum absolute atomic E-state index is 13.5. The van der Waals surface area contributed by atoms with Crippen molar-refractivity contribution in [1.29, 1.82) is 0 Å². The average Bonchev–Trinajstić information content (AvgIpc) is 3.19.